The number of hydrogen-bond acceptors (Lipinski definition) is 2. The molecule has 1 aromatic carbocycles. The molecular weight excluding hydrogens is 256 g/mol. The van der Waals surface area contributed by atoms with E-state index in [0.29, 0.717) is 17.8 Å². The van der Waals surface area contributed by atoms with Crippen LogP contribution in [0.2, 0.25) is 0 Å². The molecule has 0 bridgehead atoms. The summed E-state index contributed by atoms with van der Waals surface area (Å²) >= 11 is 0. The third-order valence-electron chi connectivity index (χ3n) is 2.86. The predicted molar refractivity (Wildman–Crippen MR) is 79.2 cm³/mol. The molecule has 0 aliphatic heterocycles. The number of carboxylic acid groups (broad SMARTS) is 1. The molecule has 20 heavy (non-hydrogen) atoms. The lowest BCUT2D eigenvalue weighted by molar-refractivity contribution is 0.0696. The molecule has 0 heterocycles. The van der Waals surface area contributed by atoms with Crippen LogP contribution in [-0.4, -0.2) is 35.6 Å². The molecule has 0 aromatic heterocycles. The Labute approximate surface area is 119 Å². The van der Waals surface area contributed by atoms with Gasteiger partial charge in [-0.25, -0.2) is 9.59 Å². The SMILES string of the molecule is Cc1c(NC(=O)N(C)CC(C)(C)C)cccc1C(=O)O. The zero-order valence-corrected chi connectivity index (χ0v) is 12.7. The van der Waals surface area contributed by atoms with Gasteiger partial charge in [-0.2, -0.15) is 0 Å². The fourth-order valence-electron chi connectivity index (χ4n) is 2.00. The number of aromatic carboxylic acids is 1. The maximum Gasteiger partial charge on any atom is 0.336 e. The molecule has 1 rings (SSSR count). The van der Waals surface area contributed by atoms with E-state index in [0.717, 1.165) is 0 Å². The van der Waals surface area contributed by atoms with Crippen molar-refractivity contribution in [3.8, 4) is 0 Å². The number of carbonyl (C=O) groups is 2. The van der Waals surface area contributed by atoms with E-state index < -0.39 is 5.97 Å². The van der Waals surface area contributed by atoms with Gasteiger partial charge in [0, 0.05) is 19.3 Å². The number of urea groups is 1. The van der Waals surface area contributed by atoms with Crippen molar-refractivity contribution in [2.45, 2.75) is 27.7 Å². The highest BCUT2D eigenvalue weighted by atomic mass is 16.4. The molecule has 0 radical (unpaired) electrons. The average Bonchev–Trinajstić information content (AvgIpc) is 2.29. The quantitative estimate of drug-likeness (QED) is 0.892. The lowest BCUT2D eigenvalue weighted by Gasteiger charge is -2.27. The topological polar surface area (TPSA) is 69.6 Å². The predicted octanol–water partition coefficient (Wildman–Crippen LogP) is 3.20. The van der Waals surface area contributed by atoms with Gasteiger partial charge in [-0.1, -0.05) is 26.8 Å². The second kappa shape index (κ2) is 5.94. The highest BCUT2D eigenvalue weighted by Gasteiger charge is 2.19. The lowest BCUT2D eigenvalue weighted by Crippen LogP contribution is -2.37. The summed E-state index contributed by atoms with van der Waals surface area (Å²) in [6.45, 7) is 8.44. The van der Waals surface area contributed by atoms with Gasteiger partial charge in [0.25, 0.3) is 0 Å². The molecule has 2 N–H and O–H groups in total. The summed E-state index contributed by atoms with van der Waals surface area (Å²) in [5.41, 5.74) is 1.28. The van der Waals surface area contributed by atoms with Gasteiger partial charge in [-0.05, 0) is 30.0 Å². The van der Waals surface area contributed by atoms with Crippen LogP contribution >= 0.6 is 0 Å². The van der Waals surface area contributed by atoms with Crippen molar-refractivity contribution in [3.63, 3.8) is 0 Å². The minimum Gasteiger partial charge on any atom is -0.478 e. The van der Waals surface area contributed by atoms with Crippen molar-refractivity contribution >= 4 is 17.7 Å². The molecule has 5 nitrogen and oxygen atoms in total. The van der Waals surface area contributed by atoms with Crippen LogP contribution < -0.4 is 5.32 Å². The minimum atomic E-state index is -0.998. The molecule has 5 heteroatoms. The average molecular weight is 278 g/mol. The van der Waals surface area contributed by atoms with Crippen LogP contribution in [0.3, 0.4) is 0 Å². The molecule has 0 saturated carbocycles. The first-order valence-corrected chi connectivity index (χ1v) is 6.47. The number of carboxylic acids is 1. The van der Waals surface area contributed by atoms with Gasteiger partial charge in [0.2, 0.25) is 0 Å². The highest BCUT2D eigenvalue weighted by molar-refractivity contribution is 5.95. The summed E-state index contributed by atoms with van der Waals surface area (Å²) in [4.78, 5) is 24.7. The Morgan fingerprint density at radius 3 is 2.40 bits per heavy atom. The van der Waals surface area contributed by atoms with E-state index in [4.69, 9.17) is 5.11 Å². The zero-order valence-electron chi connectivity index (χ0n) is 12.7. The van der Waals surface area contributed by atoms with E-state index in [9.17, 15) is 9.59 Å². The summed E-state index contributed by atoms with van der Waals surface area (Å²) < 4.78 is 0. The van der Waals surface area contributed by atoms with E-state index in [1.165, 1.54) is 6.07 Å². The number of carbonyl (C=O) groups excluding carboxylic acids is 1. The second-order valence-corrected chi connectivity index (χ2v) is 6.13. The van der Waals surface area contributed by atoms with Gasteiger partial charge in [0.1, 0.15) is 0 Å². The number of anilines is 1. The molecule has 0 saturated heterocycles. The van der Waals surface area contributed by atoms with Crippen molar-refractivity contribution in [2.75, 3.05) is 18.9 Å². The van der Waals surface area contributed by atoms with Gasteiger partial charge in [-0.3, -0.25) is 0 Å². The monoisotopic (exact) mass is 278 g/mol. The largest absolute Gasteiger partial charge is 0.478 e. The van der Waals surface area contributed by atoms with Crippen molar-refractivity contribution in [1.29, 1.82) is 0 Å². The number of rotatable bonds is 3. The molecule has 0 atom stereocenters. The Bertz CT molecular complexity index is 518. The molecule has 0 spiro atoms. The van der Waals surface area contributed by atoms with Crippen LogP contribution in [0, 0.1) is 12.3 Å². The summed E-state index contributed by atoms with van der Waals surface area (Å²) in [6, 6.07) is 4.60. The molecule has 0 fully saturated rings. The number of nitrogens with zero attached hydrogens (tertiary/aromatic N) is 1. The number of hydrogen-bond donors (Lipinski definition) is 2. The minimum absolute atomic E-state index is 0.00402. The smallest absolute Gasteiger partial charge is 0.336 e. The lowest BCUT2D eigenvalue weighted by atomic mass is 9.96. The molecule has 2 amide bonds. The van der Waals surface area contributed by atoms with Gasteiger partial charge >= 0.3 is 12.0 Å². The Morgan fingerprint density at radius 1 is 1.30 bits per heavy atom. The van der Waals surface area contributed by atoms with Crippen molar-refractivity contribution < 1.29 is 14.7 Å². The summed E-state index contributed by atoms with van der Waals surface area (Å²) in [6.07, 6.45) is 0. The van der Waals surface area contributed by atoms with Crippen LogP contribution in [0.1, 0.15) is 36.7 Å². The van der Waals surface area contributed by atoms with Crippen LogP contribution in [0.15, 0.2) is 18.2 Å². The fraction of sp³-hybridized carbons (Fsp3) is 0.467. The highest BCUT2D eigenvalue weighted by Crippen LogP contribution is 2.20. The first kappa shape index (κ1) is 16.0. The maximum absolute atomic E-state index is 12.1. The van der Waals surface area contributed by atoms with Gasteiger partial charge in [0.05, 0.1) is 5.56 Å². The van der Waals surface area contributed by atoms with Gasteiger partial charge in [0.15, 0.2) is 0 Å². The Morgan fingerprint density at radius 2 is 1.90 bits per heavy atom. The molecule has 0 aliphatic carbocycles. The van der Waals surface area contributed by atoms with E-state index >= 15 is 0 Å². The summed E-state index contributed by atoms with van der Waals surface area (Å²) in [7, 11) is 1.72. The van der Waals surface area contributed by atoms with Crippen LogP contribution in [0.4, 0.5) is 10.5 Å². The fourth-order valence-corrected chi connectivity index (χ4v) is 2.00. The van der Waals surface area contributed by atoms with Crippen LogP contribution in [-0.2, 0) is 0 Å². The van der Waals surface area contributed by atoms with Crippen molar-refractivity contribution in [3.05, 3.63) is 29.3 Å². The van der Waals surface area contributed by atoms with Gasteiger partial charge in [-0.15, -0.1) is 0 Å². The third-order valence-corrected chi connectivity index (χ3v) is 2.86. The number of nitrogens with one attached hydrogen (secondary N) is 1. The standard InChI is InChI=1S/C15H22N2O3/c1-10-11(13(18)19)7-6-8-12(10)16-14(20)17(5)9-15(2,3)4/h6-8H,9H2,1-5H3,(H,16,20)(H,18,19). The van der Waals surface area contributed by atoms with E-state index in [2.05, 4.69) is 5.32 Å². The van der Waals surface area contributed by atoms with Crippen LogP contribution in [0.5, 0.6) is 0 Å². The Hall–Kier alpha value is -2.04. The number of amides is 2. The number of benzene rings is 1. The second-order valence-electron chi connectivity index (χ2n) is 6.13. The normalized spacial score (nSPS) is 11.1. The molecule has 0 unspecified atom stereocenters. The Balaban J connectivity index is 2.86. The van der Waals surface area contributed by atoms with E-state index in [-0.39, 0.29) is 17.0 Å². The first-order chi connectivity index (χ1) is 9.11. The molecular formula is C15H22N2O3. The molecule has 0 aliphatic rings. The van der Waals surface area contributed by atoms with E-state index in [1.807, 2.05) is 20.8 Å². The Kier molecular flexibility index (Phi) is 4.76. The van der Waals surface area contributed by atoms with E-state index in [1.54, 1.807) is 31.0 Å². The van der Waals surface area contributed by atoms with Crippen molar-refractivity contribution in [1.82, 2.24) is 4.90 Å². The summed E-state index contributed by atoms with van der Waals surface area (Å²) in [5, 5.41) is 11.8. The van der Waals surface area contributed by atoms with Crippen LogP contribution in [0.25, 0.3) is 0 Å². The summed E-state index contributed by atoms with van der Waals surface area (Å²) in [5.74, 6) is -0.998. The van der Waals surface area contributed by atoms with Gasteiger partial charge < -0.3 is 15.3 Å². The first-order valence-electron chi connectivity index (χ1n) is 6.47. The van der Waals surface area contributed by atoms with Crippen molar-refractivity contribution in [2.24, 2.45) is 5.41 Å². The molecule has 110 valence electrons. The molecule has 1 aromatic rings. The zero-order chi connectivity index (χ0) is 15.5. The maximum atomic E-state index is 12.1. The third kappa shape index (κ3) is 4.26.